The molecule has 1 rings (SSSR count). The van der Waals surface area contributed by atoms with Gasteiger partial charge in [-0.3, -0.25) is 9.59 Å². The summed E-state index contributed by atoms with van der Waals surface area (Å²) in [4.78, 5) is 36.6. The smallest absolute Gasteiger partial charge is 0.408 e. The first-order valence-corrected chi connectivity index (χ1v) is 8.22. The van der Waals surface area contributed by atoms with Gasteiger partial charge in [-0.05, 0) is 39.5 Å². The van der Waals surface area contributed by atoms with Crippen LogP contribution in [0.5, 0.6) is 0 Å². The zero-order valence-corrected chi connectivity index (χ0v) is 14.6. The molecule has 0 aromatic rings. The molecule has 0 saturated carbocycles. The number of carbonyl (C=O) groups is 3. The molecular formula is C16H29N3O4. The number of hydrogen-bond donors (Lipinski definition) is 2. The number of carbonyl (C=O) groups excluding carboxylic acids is 3. The number of likely N-dealkylation sites (tertiary alicyclic amines) is 1. The molecule has 0 unspecified atom stereocenters. The van der Waals surface area contributed by atoms with E-state index < -0.39 is 11.7 Å². The van der Waals surface area contributed by atoms with Crippen LogP contribution in [0, 0.1) is 5.92 Å². The molecule has 0 aromatic heterocycles. The van der Waals surface area contributed by atoms with E-state index in [-0.39, 0.29) is 18.4 Å². The Morgan fingerprint density at radius 3 is 2.26 bits per heavy atom. The number of piperidine rings is 1. The van der Waals surface area contributed by atoms with Crippen LogP contribution in [0.25, 0.3) is 0 Å². The van der Waals surface area contributed by atoms with Gasteiger partial charge < -0.3 is 20.3 Å². The number of hydrogen-bond acceptors (Lipinski definition) is 4. The molecule has 2 N–H and O–H groups in total. The van der Waals surface area contributed by atoms with Crippen LogP contribution in [0.2, 0.25) is 0 Å². The van der Waals surface area contributed by atoms with Gasteiger partial charge in [0.15, 0.2) is 0 Å². The highest BCUT2D eigenvalue weighted by Crippen LogP contribution is 2.16. The second-order valence-electron chi connectivity index (χ2n) is 6.84. The zero-order chi connectivity index (χ0) is 17.5. The Hall–Kier alpha value is -1.79. The molecule has 7 heteroatoms. The van der Waals surface area contributed by atoms with E-state index in [4.69, 9.17) is 4.74 Å². The van der Waals surface area contributed by atoms with Gasteiger partial charge in [-0.2, -0.15) is 0 Å². The Bertz CT molecular complexity index is 424. The van der Waals surface area contributed by atoms with Crippen LogP contribution >= 0.6 is 0 Å². The summed E-state index contributed by atoms with van der Waals surface area (Å²) in [5.74, 6) is 0.366. The first-order valence-electron chi connectivity index (χ1n) is 8.22. The van der Waals surface area contributed by atoms with E-state index >= 15 is 0 Å². The van der Waals surface area contributed by atoms with Crippen LogP contribution in [-0.4, -0.2) is 54.6 Å². The summed E-state index contributed by atoms with van der Waals surface area (Å²) in [6.07, 6.45) is 1.64. The van der Waals surface area contributed by atoms with Crippen LogP contribution in [-0.2, 0) is 14.3 Å². The summed E-state index contributed by atoms with van der Waals surface area (Å²) in [6.45, 7) is 9.08. The third kappa shape index (κ3) is 7.85. The van der Waals surface area contributed by atoms with E-state index in [1.165, 1.54) is 0 Å². The predicted molar refractivity (Wildman–Crippen MR) is 86.8 cm³/mol. The topological polar surface area (TPSA) is 87.7 Å². The van der Waals surface area contributed by atoms with Crippen molar-refractivity contribution in [2.24, 2.45) is 5.92 Å². The molecule has 1 aliphatic rings. The minimum Gasteiger partial charge on any atom is -0.444 e. The van der Waals surface area contributed by atoms with Crippen LogP contribution in [0.3, 0.4) is 0 Å². The van der Waals surface area contributed by atoms with Crippen molar-refractivity contribution in [3.8, 4) is 0 Å². The molecule has 0 aromatic carbocycles. The average Bonchev–Trinajstić information content (AvgIpc) is 2.49. The fourth-order valence-corrected chi connectivity index (χ4v) is 2.34. The molecule has 1 heterocycles. The molecule has 0 bridgehead atoms. The monoisotopic (exact) mass is 327 g/mol. The van der Waals surface area contributed by atoms with Gasteiger partial charge in [0.1, 0.15) is 12.1 Å². The Labute approximate surface area is 138 Å². The molecular weight excluding hydrogens is 298 g/mol. The zero-order valence-electron chi connectivity index (χ0n) is 14.6. The Morgan fingerprint density at radius 2 is 1.74 bits per heavy atom. The third-order valence-electron chi connectivity index (χ3n) is 3.66. The maximum atomic E-state index is 12.1. The Morgan fingerprint density at radius 1 is 1.13 bits per heavy atom. The predicted octanol–water partition coefficient (Wildman–Crippen LogP) is 1.28. The van der Waals surface area contributed by atoms with Crippen LogP contribution < -0.4 is 10.6 Å². The first-order chi connectivity index (χ1) is 10.7. The molecule has 23 heavy (non-hydrogen) atoms. The molecule has 1 aliphatic heterocycles. The fraction of sp³-hybridized carbons (Fsp3) is 0.812. The first kappa shape index (κ1) is 19.3. The SMILES string of the molecule is CCC(=O)NCC1CCN(C(=O)CNC(=O)OC(C)(C)C)CC1. The summed E-state index contributed by atoms with van der Waals surface area (Å²) < 4.78 is 5.10. The number of amides is 3. The van der Waals surface area contributed by atoms with Gasteiger partial charge >= 0.3 is 6.09 Å². The normalized spacial score (nSPS) is 15.9. The van der Waals surface area contributed by atoms with Crippen molar-refractivity contribution in [1.29, 1.82) is 0 Å². The van der Waals surface area contributed by atoms with Crippen molar-refractivity contribution in [3.05, 3.63) is 0 Å². The van der Waals surface area contributed by atoms with Crippen molar-refractivity contribution in [3.63, 3.8) is 0 Å². The summed E-state index contributed by atoms with van der Waals surface area (Å²) in [5.41, 5.74) is -0.575. The number of ether oxygens (including phenoxy) is 1. The van der Waals surface area contributed by atoms with Gasteiger partial charge in [0.2, 0.25) is 11.8 Å². The van der Waals surface area contributed by atoms with Gasteiger partial charge in [-0.15, -0.1) is 0 Å². The molecule has 1 fully saturated rings. The van der Waals surface area contributed by atoms with Crippen molar-refractivity contribution >= 4 is 17.9 Å². The molecule has 0 atom stereocenters. The molecule has 132 valence electrons. The van der Waals surface area contributed by atoms with E-state index in [2.05, 4.69) is 10.6 Å². The summed E-state index contributed by atoms with van der Waals surface area (Å²) in [5, 5.41) is 5.38. The lowest BCUT2D eigenvalue weighted by Crippen LogP contribution is -2.46. The lowest BCUT2D eigenvalue weighted by atomic mass is 9.96. The second-order valence-corrected chi connectivity index (χ2v) is 6.84. The number of nitrogens with zero attached hydrogens (tertiary/aromatic N) is 1. The van der Waals surface area contributed by atoms with Gasteiger partial charge in [0.25, 0.3) is 0 Å². The lowest BCUT2D eigenvalue weighted by molar-refractivity contribution is -0.131. The molecule has 1 saturated heterocycles. The Balaban J connectivity index is 2.24. The quantitative estimate of drug-likeness (QED) is 0.796. The summed E-state index contributed by atoms with van der Waals surface area (Å²) >= 11 is 0. The van der Waals surface area contributed by atoms with Crippen molar-refractivity contribution in [2.75, 3.05) is 26.2 Å². The maximum absolute atomic E-state index is 12.1. The van der Waals surface area contributed by atoms with E-state index in [1.54, 1.807) is 25.7 Å². The van der Waals surface area contributed by atoms with Crippen LogP contribution in [0.4, 0.5) is 4.79 Å². The Kier molecular flexibility index (Phi) is 7.32. The largest absolute Gasteiger partial charge is 0.444 e. The highest BCUT2D eigenvalue weighted by Gasteiger charge is 2.24. The third-order valence-corrected chi connectivity index (χ3v) is 3.66. The van der Waals surface area contributed by atoms with Gasteiger partial charge in [-0.1, -0.05) is 6.92 Å². The van der Waals surface area contributed by atoms with Crippen LogP contribution in [0.1, 0.15) is 47.0 Å². The molecule has 7 nitrogen and oxygen atoms in total. The van der Waals surface area contributed by atoms with E-state index in [9.17, 15) is 14.4 Å². The molecule has 3 amide bonds. The maximum Gasteiger partial charge on any atom is 0.408 e. The fourth-order valence-electron chi connectivity index (χ4n) is 2.34. The standard InChI is InChI=1S/C16H29N3O4/c1-5-13(20)17-10-12-6-8-19(9-7-12)14(21)11-18-15(22)23-16(2,3)4/h12H,5-11H2,1-4H3,(H,17,20)(H,18,22). The summed E-state index contributed by atoms with van der Waals surface area (Å²) in [7, 11) is 0. The van der Waals surface area contributed by atoms with E-state index in [1.807, 2.05) is 6.92 Å². The van der Waals surface area contributed by atoms with Gasteiger partial charge in [0, 0.05) is 26.1 Å². The number of nitrogens with one attached hydrogen (secondary N) is 2. The highest BCUT2D eigenvalue weighted by molar-refractivity contribution is 5.82. The lowest BCUT2D eigenvalue weighted by Gasteiger charge is -2.32. The second kappa shape index (κ2) is 8.74. The average molecular weight is 327 g/mol. The number of rotatable bonds is 5. The minimum atomic E-state index is -0.581. The van der Waals surface area contributed by atoms with Crippen LogP contribution in [0.15, 0.2) is 0 Å². The van der Waals surface area contributed by atoms with Gasteiger partial charge in [-0.25, -0.2) is 4.79 Å². The summed E-state index contributed by atoms with van der Waals surface area (Å²) in [6, 6.07) is 0. The molecule has 0 radical (unpaired) electrons. The van der Waals surface area contributed by atoms with Gasteiger partial charge in [0.05, 0.1) is 0 Å². The number of alkyl carbamates (subject to hydrolysis) is 1. The van der Waals surface area contributed by atoms with E-state index in [0.29, 0.717) is 32.0 Å². The van der Waals surface area contributed by atoms with E-state index in [0.717, 1.165) is 12.8 Å². The molecule has 0 spiro atoms. The van der Waals surface area contributed by atoms with Crippen molar-refractivity contribution in [2.45, 2.75) is 52.6 Å². The highest BCUT2D eigenvalue weighted by atomic mass is 16.6. The van der Waals surface area contributed by atoms with Crippen molar-refractivity contribution < 1.29 is 19.1 Å². The molecule has 0 aliphatic carbocycles. The minimum absolute atomic E-state index is 0.0495. The van der Waals surface area contributed by atoms with Crippen molar-refractivity contribution in [1.82, 2.24) is 15.5 Å².